The number of carbonyl (C=O) groups is 1. The minimum absolute atomic E-state index is 0.0237. The van der Waals surface area contributed by atoms with Crippen LogP contribution >= 0.6 is 0 Å². The molecule has 1 aliphatic rings. The van der Waals surface area contributed by atoms with Crippen LogP contribution in [-0.4, -0.2) is 49.8 Å². The largest absolute Gasteiger partial charge is 0.405 e. The number of hydrogen-bond donors (Lipinski definition) is 2. The Morgan fingerprint density at radius 3 is 2.44 bits per heavy atom. The number of carbonyl (C=O) groups excluding carboxylic acids is 1. The SMILES string of the molecule is CN1CCC(NC(=O)NCC(F)(F)F)CC1. The van der Waals surface area contributed by atoms with Crippen LogP contribution in [0.3, 0.4) is 0 Å². The van der Waals surface area contributed by atoms with Crippen molar-refractivity contribution >= 4 is 6.03 Å². The molecule has 1 rings (SSSR count). The average molecular weight is 239 g/mol. The molecule has 0 aromatic heterocycles. The molecule has 0 unspecified atom stereocenters. The number of amides is 2. The summed E-state index contributed by atoms with van der Waals surface area (Å²) in [6.45, 7) is 0.417. The maximum Gasteiger partial charge on any atom is 0.405 e. The van der Waals surface area contributed by atoms with Crippen molar-refractivity contribution in [2.45, 2.75) is 25.1 Å². The van der Waals surface area contributed by atoms with E-state index in [9.17, 15) is 18.0 Å². The summed E-state index contributed by atoms with van der Waals surface area (Å²) in [5.41, 5.74) is 0. The van der Waals surface area contributed by atoms with E-state index in [1.807, 2.05) is 7.05 Å². The third-order valence-corrected chi connectivity index (χ3v) is 2.50. The summed E-state index contributed by atoms with van der Waals surface area (Å²) in [6, 6.07) is -0.767. The van der Waals surface area contributed by atoms with Crippen LogP contribution in [0.15, 0.2) is 0 Å². The van der Waals surface area contributed by atoms with Crippen molar-refractivity contribution in [1.82, 2.24) is 15.5 Å². The lowest BCUT2D eigenvalue weighted by Gasteiger charge is -2.29. The Morgan fingerprint density at radius 1 is 1.38 bits per heavy atom. The number of nitrogens with one attached hydrogen (secondary N) is 2. The molecule has 1 fully saturated rings. The Balaban J connectivity index is 2.19. The van der Waals surface area contributed by atoms with E-state index < -0.39 is 18.8 Å². The highest BCUT2D eigenvalue weighted by molar-refractivity contribution is 5.74. The molecule has 0 atom stereocenters. The van der Waals surface area contributed by atoms with Gasteiger partial charge in [0.2, 0.25) is 0 Å². The molecule has 0 aromatic rings. The Kier molecular flexibility index (Phi) is 4.40. The zero-order valence-electron chi connectivity index (χ0n) is 9.10. The van der Waals surface area contributed by atoms with Gasteiger partial charge in [-0.1, -0.05) is 0 Å². The lowest BCUT2D eigenvalue weighted by atomic mass is 10.1. The van der Waals surface area contributed by atoms with Gasteiger partial charge in [-0.25, -0.2) is 4.79 Å². The molecular formula is C9H16F3N3O. The van der Waals surface area contributed by atoms with Gasteiger partial charge in [-0.15, -0.1) is 0 Å². The Labute approximate surface area is 92.2 Å². The Hall–Kier alpha value is -0.980. The highest BCUT2D eigenvalue weighted by atomic mass is 19.4. The van der Waals surface area contributed by atoms with Gasteiger partial charge in [0, 0.05) is 6.04 Å². The molecule has 0 aromatic carbocycles. The minimum Gasteiger partial charge on any atom is -0.335 e. The standard InChI is InChI=1S/C9H16F3N3O/c1-15-4-2-7(3-5-15)14-8(16)13-6-9(10,11)12/h7H,2-6H2,1H3,(H2,13,14,16). The van der Waals surface area contributed by atoms with Crippen LogP contribution in [0.2, 0.25) is 0 Å². The molecule has 1 heterocycles. The summed E-state index contributed by atoms with van der Waals surface area (Å²) in [5.74, 6) is 0. The first-order valence-electron chi connectivity index (χ1n) is 5.16. The molecule has 0 saturated carbocycles. The fourth-order valence-corrected chi connectivity index (χ4v) is 1.57. The van der Waals surface area contributed by atoms with Gasteiger partial charge < -0.3 is 15.5 Å². The van der Waals surface area contributed by atoms with E-state index in [4.69, 9.17) is 0 Å². The highest BCUT2D eigenvalue weighted by Crippen LogP contribution is 2.12. The zero-order chi connectivity index (χ0) is 12.2. The van der Waals surface area contributed by atoms with Gasteiger partial charge in [-0.2, -0.15) is 13.2 Å². The van der Waals surface area contributed by atoms with Gasteiger partial charge in [0.25, 0.3) is 0 Å². The fourth-order valence-electron chi connectivity index (χ4n) is 1.57. The second-order valence-corrected chi connectivity index (χ2v) is 4.02. The van der Waals surface area contributed by atoms with Gasteiger partial charge in [0.15, 0.2) is 0 Å². The van der Waals surface area contributed by atoms with E-state index in [2.05, 4.69) is 10.2 Å². The van der Waals surface area contributed by atoms with Gasteiger partial charge in [0.05, 0.1) is 0 Å². The summed E-state index contributed by atoms with van der Waals surface area (Å²) in [7, 11) is 1.97. The van der Waals surface area contributed by atoms with Crippen LogP contribution in [0.1, 0.15) is 12.8 Å². The molecule has 0 aliphatic carbocycles. The van der Waals surface area contributed by atoms with E-state index in [0.29, 0.717) is 0 Å². The normalized spacial score (nSPS) is 19.5. The molecular weight excluding hydrogens is 223 g/mol. The molecule has 2 N–H and O–H groups in total. The molecule has 0 radical (unpaired) electrons. The second-order valence-electron chi connectivity index (χ2n) is 4.02. The van der Waals surface area contributed by atoms with Crippen molar-refractivity contribution in [3.63, 3.8) is 0 Å². The maximum absolute atomic E-state index is 11.8. The fraction of sp³-hybridized carbons (Fsp3) is 0.889. The number of rotatable bonds is 2. The number of halogens is 3. The molecule has 94 valence electrons. The van der Waals surface area contributed by atoms with Gasteiger partial charge >= 0.3 is 12.2 Å². The Bertz CT molecular complexity index is 237. The van der Waals surface area contributed by atoms with Crippen LogP contribution in [0.25, 0.3) is 0 Å². The monoisotopic (exact) mass is 239 g/mol. The van der Waals surface area contributed by atoms with Gasteiger partial charge in [-0.05, 0) is 33.0 Å². The molecule has 16 heavy (non-hydrogen) atoms. The number of urea groups is 1. The predicted octanol–water partition coefficient (Wildman–Crippen LogP) is 0.942. The number of piperidine rings is 1. The molecule has 7 heteroatoms. The van der Waals surface area contributed by atoms with Crippen LogP contribution in [0, 0.1) is 0 Å². The summed E-state index contributed by atoms with van der Waals surface area (Å²) in [6.07, 6.45) is -2.81. The lowest BCUT2D eigenvalue weighted by molar-refractivity contribution is -0.122. The van der Waals surface area contributed by atoms with E-state index >= 15 is 0 Å². The molecule has 4 nitrogen and oxygen atoms in total. The van der Waals surface area contributed by atoms with E-state index in [0.717, 1.165) is 25.9 Å². The van der Waals surface area contributed by atoms with Gasteiger partial charge in [-0.3, -0.25) is 0 Å². The second kappa shape index (κ2) is 5.38. The molecule has 2 amide bonds. The third kappa shape index (κ3) is 5.20. The van der Waals surface area contributed by atoms with Crippen LogP contribution in [0.5, 0.6) is 0 Å². The maximum atomic E-state index is 11.8. The summed E-state index contributed by atoms with van der Waals surface area (Å²) < 4.78 is 35.4. The quantitative estimate of drug-likeness (QED) is 0.753. The van der Waals surface area contributed by atoms with E-state index in [1.165, 1.54) is 0 Å². The molecule has 1 saturated heterocycles. The van der Waals surface area contributed by atoms with Crippen molar-refractivity contribution < 1.29 is 18.0 Å². The van der Waals surface area contributed by atoms with Crippen LogP contribution in [-0.2, 0) is 0 Å². The Morgan fingerprint density at radius 2 is 1.94 bits per heavy atom. The molecule has 1 aliphatic heterocycles. The molecule has 0 bridgehead atoms. The minimum atomic E-state index is -4.36. The topological polar surface area (TPSA) is 44.4 Å². The molecule has 0 spiro atoms. The van der Waals surface area contributed by atoms with Crippen molar-refractivity contribution in [1.29, 1.82) is 0 Å². The number of likely N-dealkylation sites (tertiary alicyclic amines) is 1. The first kappa shape index (κ1) is 13.1. The van der Waals surface area contributed by atoms with E-state index in [-0.39, 0.29) is 6.04 Å². The number of alkyl halides is 3. The smallest absolute Gasteiger partial charge is 0.335 e. The average Bonchev–Trinajstić information content (AvgIpc) is 2.18. The van der Waals surface area contributed by atoms with Crippen molar-refractivity contribution in [3.05, 3.63) is 0 Å². The van der Waals surface area contributed by atoms with Crippen molar-refractivity contribution in [2.75, 3.05) is 26.7 Å². The van der Waals surface area contributed by atoms with E-state index in [1.54, 1.807) is 5.32 Å². The summed E-state index contributed by atoms with van der Waals surface area (Å²) in [4.78, 5) is 13.2. The zero-order valence-corrected chi connectivity index (χ0v) is 9.10. The first-order chi connectivity index (χ1) is 7.37. The highest BCUT2D eigenvalue weighted by Gasteiger charge is 2.28. The number of hydrogen-bond acceptors (Lipinski definition) is 2. The van der Waals surface area contributed by atoms with Crippen molar-refractivity contribution in [2.24, 2.45) is 0 Å². The first-order valence-corrected chi connectivity index (χ1v) is 5.16. The van der Waals surface area contributed by atoms with Crippen LogP contribution in [0.4, 0.5) is 18.0 Å². The van der Waals surface area contributed by atoms with Crippen molar-refractivity contribution in [3.8, 4) is 0 Å². The third-order valence-electron chi connectivity index (χ3n) is 2.50. The number of nitrogens with zero attached hydrogens (tertiary/aromatic N) is 1. The van der Waals surface area contributed by atoms with Crippen LogP contribution < -0.4 is 10.6 Å². The predicted molar refractivity (Wildman–Crippen MR) is 53.1 cm³/mol. The van der Waals surface area contributed by atoms with Gasteiger partial charge in [0.1, 0.15) is 6.54 Å². The lowest BCUT2D eigenvalue weighted by Crippen LogP contribution is -2.48. The summed E-state index contributed by atoms with van der Waals surface area (Å²) in [5, 5.41) is 4.33. The summed E-state index contributed by atoms with van der Waals surface area (Å²) >= 11 is 0.